The molecule has 3 aromatic rings. The molecule has 31 heavy (non-hydrogen) atoms. The number of anilines is 1. The number of aromatic nitrogens is 3. The van der Waals surface area contributed by atoms with Crippen LogP contribution in [0.2, 0.25) is 0 Å². The largest absolute Gasteiger partial charge is 0.355 e. The highest BCUT2D eigenvalue weighted by Crippen LogP contribution is 2.32. The van der Waals surface area contributed by atoms with E-state index in [1.807, 2.05) is 52.9 Å². The zero-order chi connectivity index (χ0) is 21.5. The van der Waals surface area contributed by atoms with Crippen LogP contribution in [0.25, 0.3) is 5.65 Å². The van der Waals surface area contributed by atoms with E-state index in [9.17, 15) is 4.79 Å². The lowest BCUT2D eigenvalue weighted by Crippen LogP contribution is -2.38. The van der Waals surface area contributed by atoms with Gasteiger partial charge in [0.15, 0.2) is 5.65 Å². The molecule has 7 nitrogen and oxygen atoms in total. The molecule has 0 radical (unpaired) electrons. The van der Waals surface area contributed by atoms with Crippen molar-refractivity contribution in [3.63, 3.8) is 0 Å². The maximum Gasteiger partial charge on any atom is 0.254 e. The van der Waals surface area contributed by atoms with E-state index in [4.69, 9.17) is 15.8 Å². The molecule has 0 spiro atoms. The predicted octanol–water partition coefficient (Wildman–Crippen LogP) is 3.25. The summed E-state index contributed by atoms with van der Waals surface area (Å²) in [5.74, 6) is 1.07. The summed E-state index contributed by atoms with van der Waals surface area (Å²) >= 11 is 0. The van der Waals surface area contributed by atoms with E-state index in [1.165, 1.54) is 0 Å². The number of aryl methyl sites for hydroxylation is 2. The fourth-order valence-corrected chi connectivity index (χ4v) is 4.83. The monoisotopic (exact) mass is 418 g/mol. The van der Waals surface area contributed by atoms with Gasteiger partial charge in [0.05, 0.1) is 11.7 Å². The zero-order valence-electron chi connectivity index (χ0n) is 18.3. The van der Waals surface area contributed by atoms with Gasteiger partial charge in [-0.2, -0.15) is 5.10 Å². The molecule has 2 aromatic heterocycles. The van der Waals surface area contributed by atoms with Crippen molar-refractivity contribution in [2.75, 3.05) is 24.5 Å². The zero-order valence-corrected chi connectivity index (χ0v) is 18.3. The first-order valence-electron chi connectivity index (χ1n) is 11.2. The molecular weight excluding hydrogens is 388 g/mol. The molecule has 2 aliphatic rings. The van der Waals surface area contributed by atoms with Crippen molar-refractivity contribution in [2.45, 2.75) is 51.6 Å². The number of rotatable bonds is 3. The molecule has 1 aromatic carbocycles. The first-order valence-corrected chi connectivity index (χ1v) is 11.2. The van der Waals surface area contributed by atoms with Crippen LogP contribution in [0.3, 0.4) is 0 Å². The summed E-state index contributed by atoms with van der Waals surface area (Å²) < 4.78 is 1.85. The lowest BCUT2D eigenvalue weighted by Gasteiger charge is -2.34. The average Bonchev–Trinajstić information content (AvgIpc) is 3.39. The van der Waals surface area contributed by atoms with E-state index in [-0.39, 0.29) is 18.0 Å². The third-order valence-corrected chi connectivity index (χ3v) is 6.55. The Hall–Kier alpha value is -2.93. The van der Waals surface area contributed by atoms with Gasteiger partial charge in [-0.3, -0.25) is 4.79 Å². The van der Waals surface area contributed by atoms with Crippen LogP contribution < -0.4 is 10.6 Å². The minimum atomic E-state index is -0.0202. The number of carbonyl (C=O) groups is 1. The Balaban J connectivity index is 1.46. The average molecular weight is 419 g/mol. The Labute approximate surface area is 182 Å². The second-order valence-corrected chi connectivity index (χ2v) is 8.99. The fraction of sp³-hybridized carbons (Fsp3) is 0.458. The van der Waals surface area contributed by atoms with Gasteiger partial charge in [0.1, 0.15) is 5.82 Å². The van der Waals surface area contributed by atoms with E-state index in [0.717, 1.165) is 79.2 Å². The summed E-state index contributed by atoms with van der Waals surface area (Å²) in [5.41, 5.74) is 10.8. The summed E-state index contributed by atoms with van der Waals surface area (Å²) in [6.07, 6.45) is 6.08. The van der Waals surface area contributed by atoms with Crippen LogP contribution in [0.5, 0.6) is 0 Å². The van der Waals surface area contributed by atoms with Crippen molar-refractivity contribution in [2.24, 2.45) is 5.73 Å². The van der Waals surface area contributed by atoms with Gasteiger partial charge >= 0.3 is 0 Å². The molecule has 162 valence electrons. The van der Waals surface area contributed by atoms with Crippen LogP contribution in [0.4, 0.5) is 5.82 Å². The van der Waals surface area contributed by atoms with E-state index < -0.39 is 0 Å². The third-order valence-electron chi connectivity index (χ3n) is 6.55. The van der Waals surface area contributed by atoms with Gasteiger partial charge in [0.2, 0.25) is 0 Å². The quantitative estimate of drug-likeness (QED) is 0.706. The highest BCUT2D eigenvalue weighted by molar-refractivity contribution is 5.94. The molecule has 2 N–H and O–H groups in total. The molecule has 0 aliphatic carbocycles. The second kappa shape index (κ2) is 7.96. The first-order chi connectivity index (χ1) is 15.0. The molecule has 0 bridgehead atoms. The van der Waals surface area contributed by atoms with E-state index in [1.54, 1.807) is 0 Å². The number of hydrogen-bond donors (Lipinski definition) is 1. The Kier molecular flexibility index (Phi) is 5.14. The molecule has 1 amide bonds. The number of carbonyl (C=O) groups excluding carboxylic acids is 1. The number of hydrogen-bond acceptors (Lipinski definition) is 5. The summed E-state index contributed by atoms with van der Waals surface area (Å²) in [6, 6.07) is 10.1. The molecule has 5 rings (SSSR count). The number of likely N-dealkylation sites (tertiary alicyclic amines) is 1. The van der Waals surface area contributed by atoms with Crippen LogP contribution in [0, 0.1) is 13.8 Å². The lowest BCUT2D eigenvalue weighted by atomic mass is 9.98. The predicted molar refractivity (Wildman–Crippen MR) is 121 cm³/mol. The van der Waals surface area contributed by atoms with Gasteiger partial charge < -0.3 is 15.5 Å². The van der Waals surface area contributed by atoms with Crippen molar-refractivity contribution in [1.29, 1.82) is 0 Å². The van der Waals surface area contributed by atoms with Crippen LogP contribution >= 0.6 is 0 Å². The van der Waals surface area contributed by atoms with Gasteiger partial charge in [0, 0.05) is 49.1 Å². The standard InChI is InChI=1S/C24H30N6O/c1-16-6-8-18(9-7-16)24(31)29-11-4-3-5-21(29)20-13-22-26-23(17(2)14-30(22)27-20)28-12-10-19(25)15-28/h6-9,13-14,19,21H,3-5,10-12,15,25H2,1-2H3. The molecule has 7 heteroatoms. The van der Waals surface area contributed by atoms with Crippen molar-refractivity contribution in [1.82, 2.24) is 19.5 Å². The van der Waals surface area contributed by atoms with Crippen LogP contribution in [0.15, 0.2) is 36.5 Å². The van der Waals surface area contributed by atoms with Gasteiger partial charge in [-0.15, -0.1) is 0 Å². The number of amides is 1. The number of fused-ring (bicyclic) bond motifs is 1. The summed E-state index contributed by atoms with van der Waals surface area (Å²) in [4.78, 5) is 22.4. The minimum Gasteiger partial charge on any atom is -0.355 e. The molecule has 2 aliphatic heterocycles. The highest BCUT2D eigenvalue weighted by atomic mass is 16.2. The first kappa shape index (κ1) is 20.0. The number of benzene rings is 1. The summed E-state index contributed by atoms with van der Waals surface area (Å²) in [7, 11) is 0. The number of piperidine rings is 1. The van der Waals surface area contributed by atoms with Crippen molar-refractivity contribution < 1.29 is 4.79 Å². The Bertz CT molecular complexity index is 1110. The molecular formula is C24H30N6O. The maximum atomic E-state index is 13.3. The molecule has 2 atom stereocenters. The molecule has 2 unspecified atom stereocenters. The van der Waals surface area contributed by atoms with Crippen LogP contribution in [0.1, 0.15) is 58.9 Å². The number of nitrogens with zero attached hydrogens (tertiary/aromatic N) is 5. The van der Waals surface area contributed by atoms with Crippen molar-refractivity contribution in [3.05, 3.63) is 58.9 Å². The summed E-state index contributed by atoms with van der Waals surface area (Å²) in [5, 5.41) is 4.84. The van der Waals surface area contributed by atoms with E-state index in [0.29, 0.717) is 0 Å². The SMILES string of the molecule is Cc1ccc(C(=O)N2CCCCC2c2cc3nc(N4CCC(N)C4)c(C)cn3n2)cc1. The highest BCUT2D eigenvalue weighted by Gasteiger charge is 2.31. The Morgan fingerprint density at radius 2 is 1.90 bits per heavy atom. The summed E-state index contributed by atoms with van der Waals surface area (Å²) in [6.45, 7) is 6.64. The number of nitrogens with two attached hydrogens (primary N) is 1. The van der Waals surface area contributed by atoms with Crippen molar-refractivity contribution in [3.8, 4) is 0 Å². The Morgan fingerprint density at radius 1 is 1.10 bits per heavy atom. The van der Waals surface area contributed by atoms with Crippen LogP contribution in [-0.4, -0.2) is 51.1 Å². The minimum absolute atomic E-state index is 0.0202. The molecule has 0 saturated carbocycles. The normalized spacial score (nSPS) is 21.8. The van der Waals surface area contributed by atoms with E-state index in [2.05, 4.69) is 11.8 Å². The Morgan fingerprint density at radius 3 is 2.65 bits per heavy atom. The topological polar surface area (TPSA) is 79.8 Å². The molecule has 2 saturated heterocycles. The third kappa shape index (κ3) is 3.78. The van der Waals surface area contributed by atoms with Gasteiger partial charge in [0.25, 0.3) is 5.91 Å². The fourth-order valence-electron chi connectivity index (χ4n) is 4.83. The van der Waals surface area contributed by atoms with Gasteiger partial charge in [-0.1, -0.05) is 17.7 Å². The smallest absolute Gasteiger partial charge is 0.254 e. The van der Waals surface area contributed by atoms with Gasteiger partial charge in [-0.25, -0.2) is 9.50 Å². The lowest BCUT2D eigenvalue weighted by molar-refractivity contribution is 0.0605. The van der Waals surface area contributed by atoms with E-state index >= 15 is 0 Å². The molecule has 4 heterocycles. The van der Waals surface area contributed by atoms with Gasteiger partial charge in [-0.05, 0) is 51.7 Å². The van der Waals surface area contributed by atoms with Crippen LogP contribution in [-0.2, 0) is 0 Å². The maximum absolute atomic E-state index is 13.3. The molecule has 2 fully saturated rings. The second-order valence-electron chi connectivity index (χ2n) is 8.99. The van der Waals surface area contributed by atoms with Crippen molar-refractivity contribution >= 4 is 17.4 Å².